The van der Waals surface area contributed by atoms with Crippen molar-refractivity contribution < 1.29 is 17.7 Å². The lowest BCUT2D eigenvalue weighted by molar-refractivity contribution is -0.667. The van der Waals surface area contributed by atoms with E-state index in [1.165, 1.54) is 17.8 Å². The molecule has 66 valence electrons. The summed E-state index contributed by atoms with van der Waals surface area (Å²) in [7, 11) is 0. The normalized spacial score (nSPS) is 15.0. The van der Waals surface area contributed by atoms with Crippen molar-refractivity contribution in [3.05, 3.63) is 29.8 Å². The van der Waals surface area contributed by atoms with E-state index in [-0.39, 0.29) is 12.4 Å². The smallest absolute Gasteiger partial charge is 0.103 e. The summed E-state index contributed by atoms with van der Waals surface area (Å²) in [6.45, 7) is 3.37. The molecule has 1 aromatic rings. The molecular formula is C9H13ClN2. The molecule has 12 heavy (non-hydrogen) atoms. The summed E-state index contributed by atoms with van der Waals surface area (Å²) < 4.78 is 0. The third kappa shape index (κ3) is 1.90. The van der Waals surface area contributed by atoms with Gasteiger partial charge in [-0.3, -0.25) is 0 Å². The zero-order chi connectivity index (χ0) is 7.52. The van der Waals surface area contributed by atoms with Crippen molar-refractivity contribution in [3.63, 3.8) is 0 Å². The van der Waals surface area contributed by atoms with Gasteiger partial charge in [0.05, 0.1) is 13.1 Å². The van der Waals surface area contributed by atoms with Crippen LogP contribution in [0.25, 0.3) is 0 Å². The number of rotatable bonds is 0. The molecule has 0 unspecified atom stereocenters. The van der Waals surface area contributed by atoms with E-state index in [4.69, 9.17) is 0 Å². The Morgan fingerprint density at radius 1 is 1.25 bits per heavy atom. The number of benzene rings is 1. The Morgan fingerprint density at radius 2 is 2.08 bits per heavy atom. The van der Waals surface area contributed by atoms with Gasteiger partial charge in [-0.1, -0.05) is 18.2 Å². The number of hydrogen-bond donors (Lipinski definition) is 2. The number of nitrogens with one attached hydrogen (secondary N) is 1. The fraction of sp³-hybridized carbons (Fsp3) is 0.333. The number of para-hydroxylation sites is 1. The van der Waals surface area contributed by atoms with Gasteiger partial charge in [-0.05, 0) is 6.07 Å². The van der Waals surface area contributed by atoms with Crippen molar-refractivity contribution in [2.45, 2.75) is 6.54 Å². The number of halogens is 1. The molecule has 2 nitrogen and oxygen atoms in total. The summed E-state index contributed by atoms with van der Waals surface area (Å²) in [6, 6.07) is 8.51. The first-order valence-corrected chi connectivity index (χ1v) is 4.10. The molecule has 0 aromatic heterocycles. The van der Waals surface area contributed by atoms with Gasteiger partial charge in [-0.2, -0.15) is 0 Å². The van der Waals surface area contributed by atoms with E-state index in [0.29, 0.717) is 0 Å². The summed E-state index contributed by atoms with van der Waals surface area (Å²) >= 11 is 0. The molecule has 2 rings (SSSR count). The van der Waals surface area contributed by atoms with Gasteiger partial charge in [0, 0.05) is 11.3 Å². The Morgan fingerprint density at radius 3 is 3.00 bits per heavy atom. The van der Waals surface area contributed by atoms with Gasteiger partial charge in [0.15, 0.2) is 0 Å². The number of hydrogen-bond acceptors (Lipinski definition) is 1. The van der Waals surface area contributed by atoms with Gasteiger partial charge >= 0.3 is 0 Å². The van der Waals surface area contributed by atoms with E-state index in [1.54, 1.807) is 0 Å². The molecule has 0 saturated heterocycles. The lowest BCUT2D eigenvalue weighted by atomic mass is 10.2. The van der Waals surface area contributed by atoms with Crippen LogP contribution in [0.2, 0.25) is 0 Å². The zero-order valence-corrected chi connectivity index (χ0v) is 7.64. The highest BCUT2D eigenvalue weighted by atomic mass is 35.5. The van der Waals surface area contributed by atoms with Crippen molar-refractivity contribution >= 4 is 5.69 Å². The second-order valence-electron chi connectivity index (χ2n) is 2.87. The quantitative estimate of drug-likeness (QED) is 0.448. The molecule has 3 heteroatoms. The van der Waals surface area contributed by atoms with Crippen LogP contribution in [0.3, 0.4) is 0 Å². The maximum atomic E-state index is 3.39. The molecule has 3 N–H and O–H groups in total. The van der Waals surface area contributed by atoms with Gasteiger partial charge in [-0.25, -0.2) is 0 Å². The molecule has 0 atom stereocenters. The Labute approximate surface area is 78.8 Å². The van der Waals surface area contributed by atoms with Crippen molar-refractivity contribution in [1.82, 2.24) is 0 Å². The fourth-order valence-corrected chi connectivity index (χ4v) is 1.44. The third-order valence-corrected chi connectivity index (χ3v) is 2.05. The number of nitrogens with two attached hydrogens (primary N) is 1. The van der Waals surface area contributed by atoms with Crippen LogP contribution in [0.15, 0.2) is 24.3 Å². The van der Waals surface area contributed by atoms with Crippen LogP contribution in [-0.2, 0) is 6.54 Å². The lowest BCUT2D eigenvalue weighted by Gasteiger charge is -2.02. The summed E-state index contributed by atoms with van der Waals surface area (Å²) in [5, 5.41) is 5.73. The van der Waals surface area contributed by atoms with Crippen LogP contribution in [0.4, 0.5) is 5.69 Å². The van der Waals surface area contributed by atoms with Crippen LogP contribution in [0, 0.1) is 0 Å². The number of fused-ring (bicyclic) bond motifs is 1. The molecule has 0 amide bonds. The van der Waals surface area contributed by atoms with Crippen molar-refractivity contribution in [2.24, 2.45) is 0 Å². The molecule has 1 aliphatic rings. The molecule has 0 spiro atoms. The fourth-order valence-electron chi connectivity index (χ4n) is 1.44. The molecule has 1 aromatic carbocycles. The molecule has 0 aliphatic carbocycles. The predicted octanol–water partition coefficient (Wildman–Crippen LogP) is -2.82. The van der Waals surface area contributed by atoms with E-state index in [2.05, 4.69) is 34.9 Å². The minimum Gasteiger partial charge on any atom is -1.00 e. The van der Waals surface area contributed by atoms with Gasteiger partial charge in [0.1, 0.15) is 6.54 Å². The third-order valence-electron chi connectivity index (χ3n) is 2.05. The van der Waals surface area contributed by atoms with E-state index < -0.39 is 0 Å². The second kappa shape index (κ2) is 4.33. The Kier molecular flexibility index (Phi) is 3.38. The topological polar surface area (TPSA) is 28.6 Å². The Balaban J connectivity index is 0.000000720. The first-order valence-electron chi connectivity index (χ1n) is 4.10. The summed E-state index contributed by atoms with van der Waals surface area (Å²) in [5.41, 5.74) is 2.73. The van der Waals surface area contributed by atoms with E-state index in [9.17, 15) is 0 Å². The minimum absolute atomic E-state index is 0. The van der Waals surface area contributed by atoms with E-state index in [1.807, 2.05) is 0 Å². The second-order valence-corrected chi connectivity index (χ2v) is 2.87. The maximum absolute atomic E-state index is 3.39. The monoisotopic (exact) mass is 184 g/mol. The SMILES string of the molecule is [Cl-].c1ccc2c(c1)C[NH2+]CCN2. The standard InChI is InChI=1S/C9H12N2.ClH/c1-2-4-9-8(3-1)7-10-5-6-11-9;/h1-4,10-11H,5-7H2;1H. The van der Waals surface area contributed by atoms with Crippen molar-refractivity contribution in [2.75, 3.05) is 18.4 Å². The first-order chi connectivity index (χ1) is 5.47. The number of quaternary nitrogens is 1. The Bertz CT molecular complexity index is 225. The number of anilines is 1. The zero-order valence-electron chi connectivity index (χ0n) is 6.89. The van der Waals surface area contributed by atoms with Crippen molar-refractivity contribution in [3.8, 4) is 0 Å². The molecule has 1 aliphatic heterocycles. The molecule has 0 saturated carbocycles. The highest BCUT2D eigenvalue weighted by Crippen LogP contribution is 2.13. The molecule has 0 bridgehead atoms. The lowest BCUT2D eigenvalue weighted by Crippen LogP contribution is -3.00. The molecule has 0 fully saturated rings. The van der Waals surface area contributed by atoms with Crippen LogP contribution in [-0.4, -0.2) is 13.1 Å². The highest BCUT2D eigenvalue weighted by molar-refractivity contribution is 5.50. The maximum Gasteiger partial charge on any atom is 0.103 e. The molecule has 0 radical (unpaired) electrons. The average molecular weight is 185 g/mol. The van der Waals surface area contributed by atoms with Gasteiger partial charge in [-0.15, -0.1) is 0 Å². The summed E-state index contributed by atoms with van der Waals surface area (Å²) in [5.74, 6) is 0. The highest BCUT2D eigenvalue weighted by Gasteiger charge is 2.05. The first kappa shape index (κ1) is 9.36. The van der Waals surface area contributed by atoms with Crippen LogP contribution < -0.4 is 23.0 Å². The van der Waals surface area contributed by atoms with E-state index >= 15 is 0 Å². The Hall–Kier alpha value is -0.730. The summed E-state index contributed by atoms with van der Waals surface area (Å²) in [4.78, 5) is 0. The average Bonchev–Trinajstić information content (AvgIpc) is 2.28. The van der Waals surface area contributed by atoms with E-state index in [0.717, 1.165) is 13.1 Å². The largest absolute Gasteiger partial charge is 1.00 e. The van der Waals surface area contributed by atoms with Crippen LogP contribution >= 0.6 is 0 Å². The van der Waals surface area contributed by atoms with Gasteiger partial charge in [0.2, 0.25) is 0 Å². The van der Waals surface area contributed by atoms with Crippen molar-refractivity contribution in [1.29, 1.82) is 0 Å². The van der Waals surface area contributed by atoms with Crippen LogP contribution in [0.1, 0.15) is 5.56 Å². The van der Waals surface area contributed by atoms with Gasteiger partial charge < -0.3 is 23.0 Å². The molecule has 1 heterocycles. The summed E-state index contributed by atoms with van der Waals surface area (Å²) in [6.07, 6.45) is 0. The molecular weight excluding hydrogens is 172 g/mol. The predicted molar refractivity (Wildman–Crippen MR) is 45.4 cm³/mol. The minimum atomic E-state index is 0. The van der Waals surface area contributed by atoms with Crippen LogP contribution in [0.5, 0.6) is 0 Å². The van der Waals surface area contributed by atoms with Gasteiger partial charge in [0.25, 0.3) is 0 Å².